The number of rotatable bonds is 6. The van der Waals surface area contributed by atoms with Crippen LogP contribution in [-0.4, -0.2) is 32.7 Å². The van der Waals surface area contributed by atoms with Crippen molar-refractivity contribution in [1.29, 1.82) is 0 Å². The maximum absolute atomic E-state index is 14.4. The Hall–Kier alpha value is -2.51. The van der Waals surface area contributed by atoms with Gasteiger partial charge >= 0.3 is 0 Å². The van der Waals surface area contributed by atoms with Gasteiger partial charge in [-0.1, -0.05) is 23.7 Å². The lowest BCUT2D eigenvalue weighted by atomic mass is 9.87. The first-order valence-corrected chi connectivity index (χ1v) is 10.9. The molecule has 1 unspecified atom stereocenters. The van der Waals surface area contributed by atoms with E-state index in [0.29, 0.717) is 41.8 Å². The van der Waals surface area contributed by atoms with E-state index in [1.807, 2.05) is 13.0 Å². The molecule has 1 aromatic carbocycles. The van der Waals surface area contributed by atoms with Gasteiger partial charge in [0.15, 0.2) is 5.82 Å². The molecule has 0 saturated carbocycles. The van der Waals surface area contributed by atoms with Gasteiger partial charge in [0.05, 0.1) is 10.7 Å². The van der Waals surface area contributed by atoms with E-state index in [1.165, 1.54) is 6.07 Å². The second kappa shape index (κ2) is 9.32. The summed E-state index contributed by atoms with van der Waals surface area (Å²) in [6, 6.07) is 10.3. The minimum absolute atomic E-state index is 0.153. The Kier molecular flexibility index (Phi) is 6.53. The predicted molar refractivity (Wildman–Crippen MR) is 119 cm³/mol. The number of hydrogen-bond donors (Lipinski definition) is 2. The molecule has 2 atom stereocenters. The third-order valence-electron chi connectivity index (χ3n) is 5.89. The van der Waals surface area contributed by atoms with Crippen molar-refractivity contribution in [2.24, 2.45) is 5.92 Å². The topological polar surface area (TPSA) is 56.8 Å². The molecule has 0 bridgehead atoms. The molecule has 0 aliphatic carbocycles. The molecule has 3 aromatic rings. The number of halogens is 3. The predicted octanol–water partition coefficient (Wildman–Crippen LogP) is 5.63. The van der Waals surface area contributed by atoms with Crippen LogP contribution in [0.15, 0.2) is 36.4 Å². The highest BCUT2D eigenvalue weighted by Crippen LogP contribution is 2.29. The van der Waals surface area contributed by atoms with E-state index in [-0.39, 0.29) is 22.7 Å². The number of aromatic nitrogens is 3. The summed E-state index contributed by atoms with van der Waals surface area (Å²) in [7, 11) is 0. The second-order valence-corrected chi connectivity index (χ2v) is 8.72. The number of benzene rings is 1. The van der Waals surface area contributed by atoms with Crippen LogP contribution < -0.4 is 5.32 Å². The number of nitrogens with zero attached hydrogens (tertiary/aromatic N) is 3. The minimum atomic E-state index is -0.346. The van der Waals surface area contributed by atoms with E-state index in [4.69, 9.17) is 11.6 Å². The third-order valence-corrected chi connectivity index (χ3v) is 6.18. The number of anilines is 2. The molecule has 31 heavy (non-hydrogen) atoms. The number of hydrogen-bond acceptors (Lipinski definition) is 4. The van der Waals surface area contributed by atoms with Crippen LogP contribution in [0.25, 0.3) is 0 Å². The van der Waals surface area contributed by atoms with Gasteiger partial charge in [-0.3, -0.25) is 10.00 Å². The fourth-order valence-electron chi connectivity index (χ4n) is 4.21. The molecule has 4 rings (SSSR count). The van der Waals surface area contributed by atoms with Crippen LogP contribution in [-0.2, 0) is 13.0 Å². The van der Waals surface area contributed by atoms with Gasteiger partial charge in [-0.15, -0.1) is 0 Å². The first kappa shape index (κ1) is 21.7. The zero-order valence-corrected chi connectivity index (χ0v) is 18.4. The Morgan fingerprint density at radius 1 is 1.23 bits per heavy atom. The second-order valence-electron chi connectivity index (χ2n) is 8.31. The molecule has 2 aromatic heterocycles. The number of H-pyrrole nitrogens is 1. The summed E-state index contributed by atoms with van der Waals surface area (Å²) < 4.78 is 28.7. The Bertz CT molecular complexity index is 1050. The Morgan fingerprint density at radius 2 is 2.06 bits per heavy atom. The summed E-state index contributed by atoms with van der Waals surface area (Å²) >= 11 is 5.91. The van der Waals surface area contributed by atoms with Gasteiger partial charge in [0.2, 0.25) is 0 Å². The zero-order chi connectivity index (χ0) is 22.0. The van der Waals surface area contributed by atoms with E-state index < -0.39 is 0 Å². The molecule has 0 spiro atoms. The molecule has 1 aliphatic rings. The molecule has 3 heterocycles. The van der Waals surface area contributed by atoms with Crippen LogP contribution in [0, 0.1) is 24.5 Å². The molecular weight excluding hydrogens is 420 g/mol. The minimum Gasteiger partial charge on any atom is -0.323 e. The smallest absolute Gasteiger partial charge is 0.153 e. The highest BCUT2D eigenvalue weighted by atomic mass is 35.5. The van der Waals surface area contributed by atoms with Crippen LogP contribution >= 0.6 is 11.6 Å². The molecule has 5 nitrogen and oxygen atoms in total. The maximum atomic E-state index is 14.4. The number of nitrogens with one attached hydrogen (secondary N) is 2. The standard InChI is InChI=1S/C23H26ClF2N5/c1-14-10-22(30-29-14)28-21-7-6-19(25)20(27-21)12-16-8-9-31(15(2)11-16)13-17-4-3-5-18(24)23(17)26/h3-7,10,15-16H,8-9,11-13H2,1-2H3,(H2,27,28,29,30)/t15-,16?/m1/s1. The summed E-state index contributed by atoms with van der Waals surface area (Å²) in [5.41, 5.74) is 2.00. The Balaban J connectivity index is 1.38. The molecule has 1 fully saturated rings. The number of piperidine rings is 1. The van der Waals surface area contributed by atoms with Crippen molar-refractivity contribution >= 4 is 23.2 Å². The highest BCUT2D eigenvalue weighted by molar-refractivity contribution is 6.30. The zero-order valence-electron chi connectivity index (χ0n) is 17.6. The van der Waals surface area contributed by atoms with E-state index >= 15 is 0 Å². The Labute approximate surface area is 185 Å². The van der Waals surface area contributed by atoms with Gasteiger partial charge in [0.25, 0.3) is 0 Å². The molecule has 2 N–H and O–H groups in total. The fourth-order valence-corrected chi connectivity index (χ4v) is 4.41. The van der Waals surface area contributed by atoms with Crippen molar-refractivity contribution in [2.75, 3.05) is 11.9 Å². The van der Waals surface area contributed by atoms with E-state index in [0.717, 1.165) is 25.1 Å². The van der Waals surface area contributed by atoms with Crippen LogP contribution in [0.5, 0.6) is 0 Å². The number of aromatic amines is 1. The van der Waals surface area contributed by atoms with Gasteiger partial charge in [-0.25, -0.2) is 13.8 Å². The molecular formula is C23H26ClF2N5. The van der Waals surface area contributed by atoms with Crippen molar-refractivity contribution in [1.82, 2.24) is 20.1 Å². The number of pyridine rings is 1. The van der Waals surface area contributed by atoms with Crippen LogP contribution in [0.1, 0.15) is 36.7 Å². The molecule has 1 aliphatic heterocycles. The van der Waals surface area contributed by atoms with Crippen molar-refractivity contribution in [3.05, 3.63) is 70.0 Å². The summed E-state index contributed by atoms with van der Waals surface area (Å²) in [5.74, 6) is 0.906. The van der Waals surface area contributed by atoms with E-state index in [9.17, 15) is 8.78 Å². The van der Waals surface area contributed by atoms with Gasteiger partial charge < -0.3 is 5.32 Å². The lowest BCUT2D eigenvalue weighted by molar-refractivity contribution is 0.113. The van der Waals surface area contributed by atoms with E-state index in [2.05, 4.69) is 32.3 Å². The van der Waals surface area contributed by atoms with Crippen LogP contribution in [0.4, 0.5) is 20.4 Å². The van der Waals surface area contributed by atoms with Gasteiger partial charge in [0.1, 0.15) is 17.5 Å². The first-order valence-electron chi connectivity index (χ1n) is 10.5. The summed E-state index contributed by atoms with van der Waals surface area (Å²) in [6.45, 7) is 5.39. The molecule has 0 amide bonds. The molecule has 0 radical (unpaired) electrons. The molecule has 8 heteroatoms. The normalized spacial score (nSPS) is 19.5. The summed E-state index contributed by atoms with van der Waals surface area (Å²) in [6.07, 6.45) is 2.38. The van der Waals surface area contributed by atoms with Crippen LogP contribution in [0.2, 0.25) is 5.02 Å². The lowest BCUT2D eigenvalue weighted by Crippen LogP contribution is -2.41. The third kappa shape index (κ3) is 5.22. The van der Waals surface area contributed by atoms with Crippen molar-refractivity contribution in [2.45, 2.75) is 45.7 Å². The van der Waals surface area contributed by atoms with Gasteiger partial charge in [0, 0.05) is 29.9 Å². The lowest BCUT2D eigenvalue weighted by Gasteiger charge is -2.37. The first-order chi connectivity index (χ1) is 14.9. The SMILES string of the molecule is Cc1cc(Nc2ccc(F)c(CC3CCN(Cc4cccc(Cl)c4F)[C@H](C)C3)n2)n[nH]1. The highest BCUT2D eigenvalue weighted by Gasteiger charge is 2.27. The van der Waals surface area contributed by atoms with Crippen LogP contribution in [0.3, 0.4) is 0 Å². The van der Waals surface area contributed by atoms with Crippen molar-refractivity contribution in [3.8, 4) is 0 Å². The van der Waals surface area contributed by atoms with Crippen molar-refractivity contribution < 1.29 is 8.78 Å². The number of aryl methyl sites for hydroxylation is 1. The average Bonchev–Trinajstić information content (AvgIpc) is 3.14. The molecule has 1 saturated heterocycles. The van der Waals surface area contributed by atoms with E-state index in [1.54, 1.807) is 24.3 Å². The summed E-state index contributed by atoms with van der Waals surface area (Å²) in [5, 5.41) is 10.3. The summed E-state index contributed by atoms with van der Waals surface area (Å²) in [4.78, 5) is 6.74. The average molecular weight is 446 g/mol. The largest absolute Gasteiger partial charge is 0.323 e. The van der Waals surface area contributed by atoms with Gasteiger partial charge in [-0.2, -0.15) is 5.10 Å². The number of likely N-dealkylation sites (tertiary alicyclic amines) is 1. The maximum Gasteiger partial charge on any atom is 0.153 e. The Morgan fingerprint density at radius 3 is 2.81 bits per heavy atom. The van der Waals surface area contributed by atoms with Gasteiger partial charge in [-0.05, 0) is 63.8 Å². The fraction of sp³-hybridized carbons (Fsp3) is 0.391. The monoisotopic (exact) mass is 445 g/mol. The van der Waals surface area contributed by atoms with Crippen molar-refractivity contribution in [3.63, 3.8) is 0 Å². The quantitative estimate of drug-likeness (QED) is 0.516. The molecule has 164 valence electrons.